The second kappa shape index (κ2) is 13.6. The first-order chi connectivity index (χ1) is 28.2. The van der Waals surface area contributed by atoms with Crippen LogP contribution in [0.15, 0.2) is 205 Å². The van der Waals surface area contributed by atoms with Gasteiger partial charge in [-0.05, 0) is 85.8 Å². The highest BCUT2D eigenvalue weighted by Gasteiger charge is 2.21. The van der Waals surface area contributed by atoms with Gasteiger partial charge in [-0.2, -0.15) is 0 Å². The maximum absolute atomic E-state index is 6.75. The molecule has 0 bridgehead atoms. The van der Waals surface area contributed by atoms with Crippen molar-refractivity contribution in [3.8, 4) is 67.5 Å². The van der Waals surface area contributed by atoms with E-state index in [2.05, 4.69) is 182 Å². The van der Waals surface area contributed by atoms with Crippen molar-refractivity contribution < 1.29 is 4.42 Å². The first-order valence-corrected chi connectivity index (χ1v) is 19.2. The Morgan fingerprint density at radius 1 is 0.298 bits per heavy atom. The molecule has 0 aliphatic carbocycles. The fraction of sp³-hybridized carbons (Fsp3) is 0. The lowest BCUT2D eigenvalue weighted by Crippen LogP contribution is -2.00. The van der Waals surface area contributed by atoms with Gasteiger partial charge in [-0.15, -0.1) is 0 Å². The minimum Gasteiger partial charge on any atom is -0.455 e. The van der Waals surface area contributed by atoms with Crippen LogP contribution in [-0.4, -0.2) is 15.0 Å². The molecule has 0 spiro atoms. The summed E-state index contributed by atoms with van der Waals surface area (Å²) in [6, 6.07) is 69.9. The maximum atomic E-state index is 6.75. The summed E-state index contributed by atoms with van der Waals surface area (Å²) in [6.07, 6.45) is 0. The van der Waals surface area contributed by atoms with Crippen molar-refractivity contribution in [2.75, 3.05) is 0 Å². The predicted octanol–water partition coefficient (Wildman–Crippen LogP) is 14.1. The Bertz CT molecular complexity index is 3280. The number of fused-ring (bicyclic) bond motifs is 5. The number of benzene rings is 9. The summed E-state index contributed by atoms with van der Waals surface area (Å²) in [7, 11) is 0. The normalized spacial score (nSPS) is 11.5. The number of rotatable bonds is 6. The van der Waals surface area contributed by atoms with E-state index in [9.17, 15) is 0 Å². The van der Waals surface area contributed by atoms with Gasteiger partial charge >= 0.3 is 0 Å². The Morgan fingerprint density at radius 3 is 1.54 bits per heavy atom. The third kappa shape index (κ3) is 5.92. The molecule has 0 saturated heterocycles. The van der Waals surface area contributed by atoms with E-state index in [1.165, 1.54) is 27.3 Å². The predicted molar refractivity (Wildman–Crippen MR) is 235 cm³/mol. The summed E-state index contributed by atoms with van der Waals surface area (Å²) in [5, 5.41) is 6.64. The molecule has 0 amide bonds. The van der Waals surface area contributed by atoms with Gasteiger partial charge < -0.3 is 4.42 Å². The molecule has 0 atom stereocenters. The molecule has 266 valence electrons. The lowest BCUT2D eigenvalue weighted by Gasteiger charge is -2.12. The van der Waals surface area contributed by atoms with E-state index < -0.39 is 0 Å². The molecule has 0 aliphatic rings. The summed E-state index contributed by atoms with van der Waals surface area (Å²) in [5.41, 5.74) is 11.1. The molecule has 57 heavy (non-hydrogen) atoms. The molecule has 11 rings (SSSR count). The first kappa shape index (κ1) is 32.7. The van der Waals surface area contributed by atoms with Crippen LogP contribution < -0.4 is 0 Å². The summed E-state index contributed by atoms with van der Waals surface area (Å²) in [4.78, 5) is 15.5. The average Bonchev–Trinajstić information content (AvgIpc) is 3.68. The fourth-order valence-electron chi connectivity index (χ4n) is 7.99. The second-order valence-corrected chi connectivity index (χ2v) is 14.4. The number of aromatic nitrogens is 3. The van der Waals surface area contributed by atoms with Crippen LogP contribution >= 0.6 is 0 Å². The number of hydrogen-bond donors (Lipinski definition) is 0. The molecule has 0 radical (unpaired) electrons. The van der Waals surface area contributed by atoms with Crippen molar-refractivity contribution in [1.29, 1.82) is 0 Å². The van der Waals surface area contributed by atoms with Crippen molar-refractivity contribution in [2.45, 2.75) is 0 Å². The maximum Gasteiger partial charge on any atom is 0.164 e. The molecule has 0 N–H and O–H groups in total. The fourth-order valence-corrected chi connectivity index (χ4v) is 7.99. The number of hydrogen-bond acceptors (Lipinski definition) is 4. The molecule has 2 heterocycles. The van der Waals surface area contributed by atoms with Crippen LogP contribution in [0, 0.1) is 0 Å². The van der Waals surface area contributed by atoms with E-state index in [1.807, 2.05) is 18.2 Å². The average molecular weight is 728 g/mol. The molecule has 0 aliphatic heterocycles. The van der Waals surface area contributed by atoms with Gasteiger partial charge in [-0.1, -0.05) is 164 Å². The van der Waals surface area contributed by atoms with Gasteiger partial charge in [-0.3, -0.25) is 0 Å². The van der Waals surface area contributed by atoms with Crippen LogP contribution in [0.1, 0.15) is 0 Å². The van der Waals surface area contributed by atoms with E-state index >= 15 is 0 Å². The Labute approximate surface area is 329 Å². The summed E-state index contributed by atoms with van der Waals surface area (Å²) >= 11 is 0. The monoisotopic (exact) mass is 727 g/mol. The van der Waals surface area contributed by atoms with Crippen molar-refractivity contribution in [3.05, 3.63) is 200 Å². The van der Waals surface area contributed by atoms with Crippen molar-refractivity contribution in [1.82, 2.24) is 15.0 Å². The van der Waals surface area contributed by atoms with Gasteiger partial charge in [0, 0.05) is 33.0 Å². The Kier molecular flexibility index (Phi) is 7.78. The molecule has 0 unspecified atom stereocenters. The van der Waals surface area contributed by atoms with Gasteiger partial charge in [0.2, 0.25) is 0 Å². The van der Waals surface area contributed by atoms with Crippen LogP contribution in [0.4, 0.5) is 0 Å². The number of nitrogens with zero attached hydrogens (tertiary/aromatic N) is 3. The number of furan rings is 1. The second-order valence-electron chi connectivity index (χ2n) is 14.4. The van der Waals surface area contributed by atoms with Crippen LogP contribution in [0.5, 0.6) is 0 Å². The molecule has 9 aromatic carbocycles. The van der Waals surface area contributed by atoms with E-state index in [1.54, 1.807) is 0 Å². The smallest absolute Gasteiger partial charge is 0.164 e. The zero-order valence-corrected chi connectivity index (χ0v) is 30.8. The summed E-state index contributed by atoms with van der Waals surface area (Å²) in [5.74, 6) is 1.81. The Hall–Kier alpha value is -7.69. The minimum atomic E-state index is 0.588. The zero-order valence-electron chi connectivity index (χ0n) is 30.8. The topological polar surface area (TPSA) is 51.8 Å². The van der Waals surface area contributed by atoms with Crippen LogP contribution in [0.25, 0.3) is 111 Å². The first-order valence-electron chi connectivity index (χ1n) is 19.2. The van der Waals surface area contributed by atoms with Gasteiger partial charge in [0.15, 0.2) is 17.5 Å². The molecule has 4 nitrogen and oxygen atoms in total. The third-order valence-corrected chi connectivity index (χ3v) is 10.9. The van der Waals surface area contributed by atoms with Gasteiger partial charge in [-0.25, -0.2) is 15.0 Å². The SMILES string of the molecule is c1ccc(-c2ccc(-c3nc(-c4ccc5ccccc5c4)nc(-c4ccc(-c5ccc6cc(-c7ccccc7)ccc6c5)c5oc6ccccc6c45)n3)cc2)cc1. The van der Waals surface area contributed by atoms with Gasteiger partial charge in [0.1, 0.15) is 11.2 Å². The van der Waals surface area contributed by atoms with Crippen molar-refractivity contribution in [3.63, 3.8) is 0 Å². The lowest BCUT2D eigenvalue weighted by atomic mass is 9.95. The van der Waals surface area contributed by atoms with E-state index in [0.717, 1.165) is 66.3 Å². The highest BCUT2D eigenvalue weighted by Crippen LogP contribution is 2.42. The van der Waals surface area contributed by atoms with Gasteiger partial charge in [0.25, 0.3) is 0 Å². The molecular formula is C53H33N3O. The molecular weight excluding hydrogens is 695 g/mol. The standard InChI is InChI=1S/C53H33N3O/c1-3-11-34(12-4-1)37-19-22-38(23-20-37)51-54-52(44-28-21-36-15-7-8-16-39(36)33-44)56-53(55-51)47-30-29-45(50-49(47)46-17-9-10-18-48(46)57-50)43-27-26-41-31-40(24-25-42(41)32-43)35-13-5-2-6-14-35/h1-33H. The lowest BCUT2D eigenvalue weighted by molar-refractivity contribution is 0.670. The van der Waals surface area contributed by atoms with Crippen molar-refractivity contribution >= 4 is 43.5 Å². The third-order valence-electron chi connectivity index (χ3n) is 10.9. The Morgan fingerprint density at radius 2 is 0.772 bits per heavy atom. The number of para-hydroxylation sites is 1. The highest BCUT2D eigenvalue weighted by molar-refractivity contribution is 6.16. The van der Waals surface area contributed by atoms with E-state index in [4.69, 9.17) is 19.4 Å². The highest BCUT2D eigenvalue weighted by atomic mass is 16.3. The summed E-state index contributed by atoms with van der Waals surface area (Å²) < 4.78 is 6.75. The molecule has 0 saturated carbocycles. The molecule has 11 aromatic rings. The van der Waals surface area contributed by atoms with E-state index in [-0.39, 0.29) is 0 Å². The Balaban J connectivity index is 1.08. The zero-order chi connectivity index (χ0) is 37.7. The van der Waals surface area contributed by atoms with E-state index in [0.29, 0.717) is 17.5 Å². The van der Waals surface area contributed by atoms with Crippen LogP contribution in [-0.2, 0) is 0 Å². The van der Waals surface area contributed by atoms with Gasteiger partial charge in [0.05, 0.1) is 0 Å². The molecule has 4 heteroatoms. The van der Waals surface area contributed by atoms with Crippen LogP contribution in [0.2, 0.25) is 0 Å². The quantitative estimate of drug-likeness (QED) is 0.171. The van der Waals surface area contributed by atoms with Crippen LogP contribution in [0.3, 0.4) is 0 Å². The largest absolute Gasteiger partial charge is 0.455 e. The van der Waals surface area contributed by atoms with Crippen molar-refractivity contribution in [2.24, 2.45) is 0 Å². The molecule has 2 aromatic heterocycles. The minimum absolute atomic E-state index is 0.588. The summed E-state index contributed by atoms with van der Waals surface area (Å²) in [6.45, 7) is 0. The molecule has 0 fully saturated rings.